The molecule has 0 radical (unpaired) electrons. The molecular formula is C43H24Cl2O10. The van der Waals surface area contributed by atoms with Crippen molar-refractivity contribution in [2.24, 2.45) is 0 Å². The maximum atomic E-state index is 14.1. The Morgan fingerprint density at radius 2 is 0.909 bits per heavy atom. The summed E-state index contributed by atoms with van der Waals surface area (Å²) in [7, 11) is 0. The SMILES string of the molecule is O=C(Oc1cc(C(=O)Oc2c(-c3ccc(Cl)c(Cl)c3)oc3ccccc3c2=O)cc(OC(=O)c2ccccc2)c1OC(=O)c1ccccc1)c1ccccc1. The van der Waals surface area contributed by atoms with Crippen molar-refractivity contribution in [2.45, 2.75) is 0 Å². The number of esters is 4. The Hall–Kier alpha value is -7.01. The van der Waals surface area contributed by atoms with E-state index in [2.05, 4.69) is 0 Å². The molecule has 0 spiro atoms. The molecule has 0 aliphatic carbocycles. The smallest absolute Gasteiger partial charge is 0.344 e. The topological polar surface area (TPSA) is 135 Å². The summed E-state index contributed by atoms with van der Waals surface area (Å²) in [5.41, 5.74) is -0.279. The molecule has 1 heterocycles. The van der Waals surface area contributed by atoms with Gasteiger partial charge in [0, 0.05) is 5.56 Å². The number of carbonyl (C=O) groups excluding carboxylic acids is 4. The Bertz CT molecular complexity index is 2580. The monoisotopic (exact) mass is 770 g/mol. The third-order valence-electron chi connectivity index (χ3n) is 8.02. The van der Waals surface area contributed by atoms with Crippen molar-refractivity contribution >= 4 is 58.0 Å². The van der Waals surface area contributed by atoms with Crippen molar-refractivity contribution in [3.05, 3.63) is 188 Å². The number of ether oxygens (including phenoxy) is 4. The quantitative estimate of drug-likeness (QED) is 0.103. The molecule has 0 aliphatic rings. The minimum atomic E-state index is -1.17. The van der Waals surface area contributed by atoms with Crippen LogP contribution in [0.2, 0.25) is 10.0 Å². The van der Waals surface area contributed by atoms with Gasteiger partial charge in [-0.25, -0.2) is 19.2 Å². The van der Waals surface area contributed by atoms with E-state index in [9.17, 15) is 24.0 Å². The Morgan fingerprint density at radius 3 is 1.44 bits per heavy atom. The lowest BCUT2D eigenvalue weighted by Crippen LogP contribution is -2.19. The van der Waals surface area contributed by atoms with Crippen LogP contribution in [0, 0.1) is 0 Å². The molecule has 55 heavy (non-hydrogen) atoms. The largest absolute Gasteiger partial charge is 0.452 e. The standard InChI is InChI=1S/C43H24Cl2O10/c44-31-21-20-28(22-32(31)45)37-39(36(46)30-18-10-11-19-33(30)51-37)55-43(50)29-23-34(52-40(47)25-12-4-1-5-13-25)38(54-42(49)27-16-8-3-9-17-27)35(24-29)53-41(48)26-14-6-2-7-15-26/h1-24H. The first-order valence-corrected chi connectivity index (χ1v) is 17.1. The molecule has 7 rings (SSSR count). The molecule has 0 aliphatic heterocycles. The van der Waals surface area contributed by atoms with Gasteiger partial charge in [0.15, 0.2) is 17.3 Å². The van der Waals surface area contributed by atoms with Gasteiger partial charge in [0.1, 0.15) is 5.58 Å². The van der Waals surface area contributed by atoms with Gasteiger partial charge in [0.2, 0.25) is 16.9 Å². The predicted octanol–water partition coefficient (Wildman–Crippen LogP) is 9.64. The Balaban J connectivity index is 1.37. The van der Waals surface area contributed by atoms with Crippen LogP contribution in [0.15, 0.2) is 155 Å². The zero-order valence-corrected chi connectivity index (χ0v) is 29.7. The number of halogens is 2. The summed E-state index contributed by atoms with van der Waals surface area (Å²) in [5, 5.41) is 0.477. The van der Waals surface area contributed by atoms with Crippen LogP contribution in [0.4, 0.5) is 0 Å². The average molecular weight is 772 g/mol. The third-order valence-corrected chi connectivity index (χ3v) is 8.76. The molecule has 270 valence electrons. The summed E-state index contributed by atoms with van der Waals surface area (Å²) < 4.78 is 29.0. The van der Waals surface area contributed by atoms with Crippen molar-refractivity contribution in [1.29, 1.82) is 0 Å². The number of hydrogen-bond donors (Lipinski definition) is 0. The molecule has 0 N–H and O–H groups in total. The number of carbonyl (C=O) groups is 4. The number of rotatable bonds is 9. The van der Waals surface area contributed by atoms with Crippen LogP contribution in [0.1, 0.15) is 41.4 Å². The number of benzene rings is 6. The van der Waals surface area contributed by atoms with Crippen molar-refractivity contribution < 1.29 is 42.5 Å². The van der Waals surface area contributed by atoms with Gasteiger partial charge in [0.25, 0.3) is 0 Å². The van der Waals surface area contributed by atoms with Gasteiger partial charge in [-0.15, -0.1) is 0 Å². The van der Waals surface area contributed by atoms with E-state index in [1.807, 2.05) is 0 Å². The highest BCUT2D eigenvalue weighted by atomic mass is 35.5. The average Bonchev–Trinajstić information content (AvgIpc) is 3.21. The van der Waals surface area contributed by atoms with E-state index in [0.29, 0.717) is 0 Å². The number of fused-ring (bicyclic) bond motifs is 1. The molecule has 12 heteroatoms. The maximum absolute atomic E-state index is 14.1. The molecule has 6 aromatic carbocycles. The van der Waals surface area contributed by atoms with Crippen LogP contribution < -0.4 is 24.4 Å². The highest BCUT2D eigenvalue weighted by Gasteiger charge is 2.28. The van der Waals surface area contributed by atoms with Gasteiger partial charge in [-0.3, -0.25) is 4.79 Å². The second-order valence-corrected chi connectivity index (χ2v) is 12.5. The molecule has 1 aromatic heterocycles. The summed E-state index contributed by atoms with van der Waals surface area (Å²) in [6, 6.07) is 36.5. The number of hydrogen-bond acceptors (Lipinski definition) is 10. The molecule has 0 saturated heterocycles. The van der Waals surface area contributed by atoms with E-state index in [4.69, 9.17) is 46.6 Å². The summed E-state index contributed by atoms with van der Waals surface area (Å²) >= 11 is 12.4. The first-order chi connectivity index (χ1) is 26.7. The van der Waals surface area contributed by atoms with Crippen LogP contribution in [-0.2, 0) is 0 Å². The zero-order chi connectivity index (χ0) is 38.5. The van der Waals surface area contributed by atoms with E-state index in [-0.39, 0.29) is 54.6 Å². The summed E-state index contributed by atoms with van der Waals surface area (Å²) in [5.74, 6) is -5.99. The minimum Gasteiger partial charge on any atom is -0.452 e. The second-order valence-electron chi connectivity index (χ2n) is 11.7. The highest BCUT2D eigenvalue weighted by molar-refractivity contribution is 6.42. The van der Waals surface area contributed by atoms with Gasteiger partial charge < -0.3 is 23.4 Å². The highest BCUT2D eigenvalue weighted by Crippen LogP contribution is 2.41. The lowest BCUT2D eigenvalue weighted by molar-refractivity contribution is 0.0653. The fourth-order valence-electron chi connectivity index (χ4n) is 5.34. The van der Waals surface area contributed by atoms with Crippen LogP contribution in [-0.4, -0.2) is 23.9 Å². The van der Waals surface area contributed by atoms with Gasteiger partial charge >= 0.3 is 23.9 Å². The molecule has 7 aromatic rings. The number of para-hydroxylation sites is 1. The molecule has 0 amide bonds. The van der Waals surface area contributed by atoms with E-state index >= 15 is 0 Å². The zero-order valence-electron chi connectivity index (χ0n) is 28.2. The van der Waals surface area contributed by atoms with Crippen LogP contribution >= 0.6 is 23.2 Å². The summed E-state index contributed by atoms with van der Waals surface area (Å²) in [6.07, 6.45) is 0. The summed E-state index contributed by atoms with van der Waals surface area (Å²) in [6.45, 7) is 0. The second kappa shape index (κ2) is 15.9. The maximum Gasteiger partial charge on any atom is 0.344 e. The summed E-state index contributed by atoms with van der Waals surface area (Å²) in [4.78, 5) is 68.3. The third kappa shape index (κ3) is 8.01. The van der Waals surface area contributed by atoms with Crippen molar-refractivity contribution in [3.63, 3.8) is 0 Å². The van der Waals surface area contributed by atoms with Gasteiger partial charge in [-0.1, -0.05) is 89.9 Å². The molecule has 0 bridgehead atoms. The van der Waals surface area contributed by atoms with Crippen LogP contribution in [0.25, 0.3) is 22.3 Å². The normalized spacial score (nSPS) is 10.7. The lowest BCUT2D eigenvalue weighted by atomic mass is 10.1. The molecule has 0 atom stereocenters. The molecule has 10 nitrogen and oxygen atoms in total. The van der Waals surface area contributed by atoms with E-state index in [1.54, 1.807) is 72.8 Å². The molecule has 0 fully saturated rings. The van der Waals surface area contributed by atoms with Crippen LogP contribution in [0.5, 0.6) is 23.0 Å². The van der Waals surface area contributed by atoms with Gasteiger partial charge in [-0.05, 0) is 78.9 Å². The first kappa shape index (κ1) is 36.4. The fourth-order valence-corrected chi connectivity index (χ4v) is 5.63. The molecule has 0 unspecified atom stereocenters. The lowest BCUT2D eigenvalue weighted by Gasteiger charge is -2.17. The van der Waals surface area contributed by atoms with E-state index in [1.165, 1.54) is 60.7 Å². The Labute approximate surface area is 322 Å². The Morgan fingerprint density at radius 1 is 0.455 bits per heavy atom. The molecule has 0 saturated carbocycles. The first-order valence-electron chi connectivity index (χ1n) is 16.4. The van der Waals surface area contributed by atoms with E-state index < -0.39 is 52.3 Å². The van der Waals surface area contributed by atoms with Crippen LogP contribution in [0.3, 0.4) is 0 Å². The minimum absolute atomic E-state index is 0.104. The molecular weight excluding hydrogens is 747 g/mol. The predicted molar refractivity (Wildman–Crippen MR) is 204 cm³/mol. The van der Waals surface area contributed by atoms with Crippen molar-refractivity contribution in [2.75, 3.05) is 0 Å². The Kier molecular flexibility index (Phi) is 10.5. The van der Waals surface area contributed by atoms with Crippen molar-refractivity contribution in [1.82, 2.24) is 0 Å². The van der Waals surface area contributed by atoms with Gasteiger partial charge in [-0.2, -0.15) is 0 Å². The van der Waals surface area contributed by atoms with Crippen molar-refractivity contribution in [3.8, 4) is 34.3 Å². The van der Waals surface area contributed by atoms with Gasteiger partial charge in [0.05, 0.1) is 37.7 Å². The van der Waals surface area contributed by atoms with E-state index in [0.717, 1.165) is 12.1 Å². The fraction of sp³-hybridized carbons (Fsp3) is 0.